The Kier molecular flexibility index (Phi) is 3.63. The molecule has 0 radical (unpaired) electrons. The van der Waals surface area contributed by atoms with Crippen LogP contribution in [-0.4, -0.2) is 52.1 Å². The summed E-state index contributed by atoms with van der Waals surface area (Å²) in [7, 11) is 2.16. The van der Waals surface area contributed by atoms with E-state index in [9.17, 15) is 5.11 Å². The van der Waals surface area contributed by atoms with Crippen LogP contribution < -0.4 is 4.90 Å². The summed E-state index contributed by atoms with van der Waals surface area (Å²) < 4.78 is 1.98. The first kappa shape index (κ1) is 13.4. The van der Waals surface area contributed by atoms with E-state index in [1.165, 1.54) is 0 Å². The molecule has 1 unspecified atom stereocenters. The summed E-state index contributed by atoms with van der Waals surface area (Å²) in [4.78, 5) is 9.43. The van der Waals surface area contributed by atoms with E-state index in [-0.39, 0.29) is 6.61 Å². The molecule has 1 aliphatic heterocycles. The lowest BCUT2D eigenvalue weighted by molar-refractivity contribution is 0.275. The number of aromatic nitrogens is 2. The summed E-state index contributed by atoms with van der Waals surface area (Å²) in [6, 6.07) is 6.33. The maximum atomic E-state index is 9.75. The van der Waals surface area contributed by atoms with Crippen molar-refractivity contribution in [1.29, 1.82) is 0 Å². The van der Waals surface area contributed by atoms with Crippen molar-refractivity contribution in [1.82, 2.24) is 14.3 Å². The summed E-state index contributed by atoms with van der Waals surface area (Å²) in [6.45, 7) is 5.37. The topological polar surface area (TPSA) is 44.0 Å². The normalized spacial score (nSPS) is 21.4. The zero-order chi connectivity index (χ0) is 14.1. The highest BCUT2D eigenvalue weighted by Gasteiger charge is 2.24. The summed E-state index contributed by atoms with van der Waals surface area (Å²) >= 11 is 0. The minimum absolute atomic E-state index is 0.0135. The van der Waals surface area contributed by atoms with E-state index in [1.807, 2.05) is 28.8 Å². The average Bonchev–Trinajstić information content (AvgIpc) is 2.72. The number of pyridine rings is 1. The molecule has 1 aliphatic rings. The van der Waals surface area contributed by atoms with Gasteiger partial charge in [-0.1, -0.05) is 6.07 Å². The highest BCUT2D eigenvalue weighted by Crippen LogP contribution is 2.25. The van der Waals surface area contributed by atoms with Crippen molar-refractivity contribution >= 4 is 11.5 Å². The molecule has 1 fully saturated rings. The maximum Gasteiger partial charge on any atom is 0.153 e. The largest absolute Gasteiger partial charge is 0.390 e. The molecule has 0 amide bonds. The highest BCUT2D eigenvalue weighted by molar-refractivity contribution is 5.56. The Morgan fingerprint density at radius 3 is 3.00 bits per heavy atom. The summed E-state index contributed by atoms with van der Waals surface area (Å²) in [5.74, 6) is 0.932. The molecule has 2 aromatic rings. The van der Waals surface area contributed by atoms with Crippen LogP contribution in [0.3, 0.4) is 0 Å². The summed E-state index contributed by atoms with van der Waals surface area (Å²) in [6.07, 6.45) is 3.09. The number of nitrogens with zero attached hydrogens (tertiary/aromatic N) is 4. The second-order valence-electron chi connectivity index (χ2n) is 5.63. The zero-order valence-electron chi connectivity index (χ0n) is 12.2. The average molecular weight is 274 g/mol. The Labute approximate surface area is 119 Å². The third-order valence-corrected chi connectivity index (χ3v) is 4.08. The predicted molar refractivity (Wildman–Crippen MR) is 80.0 cm³/mol. The van der Waals surface area contributed by atoms with Crippen LogP contribution in [0.1, 0.15) is 19.0 Å². The van der Waals surface area contributed by atoms with E-state index in [2.05, 4.69) is 23.8 Å². The van der Waals surface area contributed by atoms with Crippen molar-refractivity contribution in [2.24, 2.45) is 0 Å². The second-order valence-corrected chi connectivity index (χ2v) is 5.63. The van der Waals surface area contributed by atoms with Gasteiger partial charge in [0.25, 0.3) is 0 Å². The highest BCUT2D eigenvalue weighted by atomic mass is 16.3. The van der Waals surface area contributed by atoms with E-state index in [4.69, 9.17) is 4.98 Å². The number of rotatable bonds is 2. The van der Waals surface area contributed by atoms with Gasteiger partial charge in [-0.15, -0.1) is 0 Å². The predicted octanol–water partition coefficient (Wildman–Crippen LogP) is 1.36. The maximum absolute atomic E-state index is 9.75. The lowest BCUT2D eigenvalue weighted by Crippen LogP contribution is -2.38. The molecule has 1 saturated heterocycles. The van der Waals surface area contributed by atoms with Crippen molar-refractivity contribution in [3.63, 3.8) is 0 Å². The molecular formula is C15H22N4O. The molecule has 3 rings (SSSR count). The van der Waals surface area contributed by atoms with Crippen molar-refractivity contribution in [3.05, 3.63) is 30.1 Å². The molecule has 108 valence electrons. The smallest absolute Gasteiger partial charge is 0.153 e. The van der Waals surface area contributed by atoms with Crippen LogP contribution in [0.4, 0.5) is 5.82 Å². The Balaban J connectivity index is 2.04. The van der Waals surface area contributed by atoms with Crippen molar-refractivity contribution in [3.8, 4) is 0 Å². The van der Waals surface area contributed by atoms with E-state index in [0.29, 0.717) is 6.04 Å². The standard InChI is InChI=1S/C15H22N4O/c1-12-10-17(2)7-5-9-18(12)15-13(11-20)19-8-4-3-6-14(19)16-15/h3-4,6,8,12,20H,5,7,9-11H2,1-2H3. The van der Waals surface area contributed by atoms with Crippen LogP contribution in [0.5, 0.6) is 0 Å². The molecule has 0 aliphatic carbocycles. The van der Waals surface area contributed by atoms with Gasteiger partial charge in [-0.05, 0) is 39.1 Å². The Hall–Kier alpha value is -1.59. The van der Waals surface area contributed by atoms with Gasteiger partial charge in [0.1, 0.15) is 5.65 Å². The molecule has 0 spiro atoms. The van der Waals surface area contributed by atoms with Crippen LogP contribution in [0, 0.1) is 0 Å². The number of fused-ring (bicyclic) bond motifs is 1. The zero-order valence-corrected chi connectivity index (χ0v) is 12.2. The molecule has 0 bridgehead atoms. The lowest BCUT2D eigenvalue weighted by atomic mass is 10.2. The third kappa shape index (κ3) is 2.27. The van der Waals surface area contributed by atoms with Gasteiger partial charge in [-0.25, -0.2) is 4.98 Å². The van der Waals surface area contributed by atoms with Crippen LogP contribution >= 0.6 is 0 Å². The minimum Gasteiger partial charge on any atom is -0.390 e. The van der Waals surface area contributed by atoms with Gasteiger partial charge in [0.15, 0.2) is 5.82 Å². The quantitative estimate of drug-likeness (QED) is 0.898. The number of aliphatic hydroxyl groups excluding tert-OH is 1. The van der Waals surface area contributed by atoms with Crippen LogP contribution in [-0.2, 0) is 6.61 Å². The first-order valence-electron chi connectivity index (χ1n) is 7.22. The number of hydrogen-bond acceptors (Lipinski definition) is 4. The molecule has 5 heteroatoms. The Morgan fingerprint density at radius 1 is 1.35 bits per heavy atom. The summed E-state index contributed by atoms with van der Waals surface area (Å²) in [5, 5.41) is 9.75. The number of anilines is 1. The first-order valence-corrected chi connectivity index (χ1v) is 7.22. The van der Waals surface area contributed by atoms with Gasteiger partial charge in [0.2, 0.25) is 0 Å². The van der Waals surface area contributed by atoms with E-state index in [0.717, 1.165) is 43.2 Å². The van der Waals surface area contributed by atoms with Gasteiger partial charge in [0, 0.05) is 25.3 Å². The SMILES string of the molecule is CC1CN(C)CCCN1c1nc2ccccn2c1CO. The fraction of sp³-hybridized carbons (Fsp3) is 0.533. The molecule has 1 atom stereocenters. The monoisotopic (exact) mass is 274 g/mol. The Morgan fingerprint density at radius 2 is 2.20 bits per heavy atom. The van der Waals surface area contributed by atoms with Crippen molar-refractivity contribution in [2.45, 2.75) is 26.0 Å². The lowest BCUT2D eigenvalue weighted by Gasteiger charge is -2.28. The third-order valence-electron chi connectivity index (χ3n) is 4.08. The van der Waals surface area contributed by atoms with Crippen LogP contribution in [0.2, 0.25) is 0 Å². The molecule has 1 N–H and O–H groups in total. The van der Waals surface area contributed by atoms with Crippen LogP contribution in [0.15, 0.2) is 24.4 Å². The minimum atomic E-state index is 0.0135. The molecule has 0 saturated carbocycles. The Bertz CT molecular complexity index is 595. The van der Waals surface area contributed by atoms with Gasteiger partial charge < -0.3 is 14.9 Å². The van der Waals surface area contributed by atoms with Crippen LogP contribution in [0.25, 0.3) is 5.65 Å². The van der Waals surface area contributed by atoms with E-state index in [1.54, 1.807) is 0 Å². The second kappa shape index (κ2) is 5.42. The molecule has 3 heterocycles. The number of hydrogen-bond donors (Lipinski definition) is 1. The molecule has 0 aromatic carbocycles. The fourth-order valence-electron chi connectivity index (χ4n) is 3.10. The van der Waals surface area contributed by atoms with Gasteiger partial charge in [0.05, 0.1) is 12.3 Å². The van der Waals surface area contributed by atoms with Gasteiger partial charge >= 0.3 is 0 Å². The molecule has 2 aromatic heterocycles. The van der Waals surface area contributed by atoms with Crippen molar-refractivity contribution < 1.29 is 5.11 Å². The summed E-state index contributed by atoms with van der Waals surface area (Å²) in [5.41, 5.74) is 1.79. The number of aliphatic hydroxyl groups is 1. The van der Waals surface area contributed by atoms with Crippen molar-refractivity contribution in [2.75, 3.05) is 31.6 Å². The first-order chi connectivity index (χ1) is 9.70. The van der Waals surface area contributed by atoms with Gasteiger partial charge in [-0.2, -0.15) is 0 Å². The number of likely N-dealkylation sites (N-methyl/N-ethyl adjacent to an activating group) is 1. The van der Waals surface area contributed by atoms with Gasteiger partial charge in [-0.3, -0.25) is 4.40 Å². The molecule has 20 heavy (non-hydrogen) atoms. The fourth-order valence-corrected chi connectivity index (χ4v) is 3.10. The number of imidazole rings is 1. The molecule has 5 nitrogen and oxygen atoms in total. The van der Waals surface area contributed by atoms with E-state index < -0.39 is 0 Å². The molecular weight excluding hydrogens is 252 g/mol. The van der Waals surface area contributed by atoms with E-state index >= 15 is 0 Å².